The second-order valence-electron chi connectivity index (χ2n) is 10.0. The van der Waals surface area contributed by atoms with Gasteiger partial charge in [-0.2, -0.15) is 0 Å². The van der Waals surface area contributed by atoms with Crippen LogP contribution in [0.25, 0.3) is 0 Å². The molecule has 1 nitrogen and oxygen atoms in total. The lowest BCUT2D eigenvalue weighted by Gasteiger charge is -2.58. The van der Waals surface area contributed by atoms with Gasteiger partial charge in [-0.15, -0.1) is 0 Å². The molecule has 122 valence electrons. The smallest absolute Gasteiger partial charge is 0.142 e. The molecule has 0 amide bonds. The van der Waals surface area contributed by atoms with Gasteiger partial charge >= 0.3 is 0 Å². The summed E-state index contributed by atoms with van der Waals surface area (Å²) in [6, 6.07) is 4.68. The molecule has 0 atom stereocenters. The molecule has 1 N–H and O–H groups in total. The van der Waals surface area contributed by atoms with Crippen LogP contribution in [0.4, 0.5) is 5.69 Å². The summed E-state index contributed by atoms with van der Waals surface area (Å²) in [5.74, 6) is 3.04. The molecular weight excluding hydrogens is 276 g/mol. The predicted octanol–water partition coefficient (Wildman–Crippen LogP) is 1.88. The first-order valence-corrected chi connectivity index (χ1v) is 9.65. The van der Waals surface area contributed by atoms with Crippen molar-refractivity contribution in [2.45, 2.75) is 70.3 Å². The highest BCUT2D eigenvalue weighted by atomic mass is 14.9. The maximum absolute atomic E-state index is 3.75. The van der Waals surface area contributed by atoms with Gasteiger partial charge in [-0.05, 0) is 88.5 Å². The van der Waals surface area contributed by atoms with Crippen LogP contribution in [0.1, 0.15) is 64.9 Å². The fourth-order valence-electron chi connectivity index (χ4n) is 6.62. The maximum atomic E-state index is 3.75. The average Bonchev–Trinajstić information content (AvgIpc) is 2.39. The van der Waals surface area contributed by atoms with Gasteiger partial charge in [0, 0.05) is 11.2 Å². The normalized spacial score (nSPS) is 35.5. The Morgan fingerprint density at radius 1 is 0.957 bits per heavy atom. The molecule has 0 saturated heterocycles. The van der Waals surface area contributed by atoms with Crippen LogP contribution in [0.5, 0.6) is 0 Å². The lowest BCUT2D eigenvalue weighted by molar-refractivity contribution is -0.00424. The van der Waals surface area contributed by atoms with E-state index in [4.69, 9.17) is 0 Å². The molecule has 0 unspecified atom stereocenters. The van der Waals surface area contributed by atoms with Gasteiger partial charge in [0.05, 0.1) is 0 Å². The summed E-state index contributed by atoms with van der Waals surface area (Å²) >= 11 is 0. The fraction of sp³-hybridized carbons (Fsp3) is 0.700. The van der Waals surface area contributed by atoms with E-state index in [1.165, 1.54) is 55.1 Å². The van der Waals surface area contributed by atoms with Crippen molar-refractivity contribution in [3.63, 3.8) is 0 Å². The first-order valence-electron chi connectivity index (χ1n) is 9.65. The summed E-state index contributed by atoms with van der Waals surface area (Å²) < 4.78 is 0. The van der Waals surface area contributed by atoms with E-state index in [0.717, 1.165) is 17.8 Å². The maximum Gasteiger partial charge on any atom is 0.142 e. The van der Waals surface area contributed by atoms with Crippen molar-refractivity contribution in [3.05, 3.63) is 17.7 Å². The largest absolute Gasteiger partial charge is 0.381 e. The van der Waals surface area contributed by atoms with Crippen molar-refractivity contribution >= 4 is 32.3 Å². The molecular formula is C20H31B2N. The van der Waals surface area contributed by atoms with E-state index in [9.17, 15) is 0 Å². The van der Waals surface area contributed by atoms with Crippen molar-refractivity contribution in [2.24, 2.45) is 17.8 Å². The van der Waals surface area contributed by atoms with Crippen LogP contribution in [0.3, 0.4) is 0 Å². The fourth-order valence-corrected chi connectivity index (χ4v) is 6.62. The highest BCUT2D eigenvalue weighted by Gasteiger charge is 2.52. The van der Waals surface area contributed by atoms with E-state index in [1.54, 1.807) is 5.56 Å². The zero-order chi connectivity index (χ0) is 16.4. The quantitative estimate of drug-likeness (QED) is 0.823. The van der Waals surface area contributed by atoms with Gasteiger partial charge in [0.1, 0.15) is 15.7 Å². The van der Waals surface area contributed by atoms with Gasteiger partial charge in [-0.1, -0.05) is 22.6 Å². The summed E-state index contributed by atoms with van der Waals surface area (Å²) in [5.41, 5.74) is 6.75. The average molecular weight is 307 g/mol. The Balaban J connectivity index is 1.78. The summed E-state index contributed by atoms with van der Waals surface area (Å²) in [5, 5.41) is 3.75. The standard InChI is InChI=1S/C20H31B2N/c1-19(2,3)23-16-5-4-15(21)17(18(16)22)20-9-12-6-13(10-20)8-14(7-12)11-20/h4-5,12-14,23H,6-11,21-22H2,1-3H3. The Bertz CT molecular complexity index is 594. The Morgan fingerprint density at radius 3 is 1.96 bits per heavy atom. The van der Waals surface area contributed by atoms with Crippen LogP contribution >= 0.6 is 0 Å². The SMILES string of the molecule is Bc1ccc(NC(C)(C)C)c(B)c1C12CC3CC(CC(C3)C1)C2. The van der Waals surface area contributed by atoms with E-state index in [0.29, 0.717) is 5.41 Å². The Kier molecular flexibility index (Phi) is 3.45. The van der Waals surface area contributed by atoms with Gasteiger partial charge in [0.2, 0.25) is 0 Å². The van der Waals surface area contributed by atoms with E-state index >= 15 is 0 Å². The Morgan fingerprint density at radius 2 is 1.48 bits per heavy atom. The number of hydrogen-bond acceptors (Lipinski definition) is 1. The predicted molar refractivity (Wildman–Crippen MR) is 106 cm³/mol. The third kappa shape index (κ3) is 2.65. The molecule has 4 aliphatic carbocycles. The molecule has 3 heteroatoms. The minimum atomic E-state index is 0.124. The van der Waals surface area contributed by atoms with Crippen LogP contribution in [0.15, 0.2) is 12.1 Å². The molecule has 4 aliphatic rings. The third-order valence-corrected chi connectivity index (χ3v) is 6.75. The summed E-state index contributed by atoms with van der Waals surface area (Å²) in [4.78, 5) is 0. The van der Waals surface area contributed by atoms with Crippen molar-refractivity contribution in [2.75, 3.05) is 5.32 Å². The summed E-state index contributed by atoms with van der Waals surface area (Å²) in [6.07, 6.45) is 8.95. The van der Waals surface area contributed by atoms with Crippen LogP contribution < -0.4 is 16.2 Å². The topological polar surface area (TPSA) is 12.0 Å². The highest BCUT2D eigenvalue weighted by molar-refractivity contribution is 6.42. The molecule has 0 radical (unpaired) electrons. The number of nitrogens with one attached hydrogen (secondary N) is 1. The molecule has 1 aromatic carbocycles. The first kappa shape index (κ1) is 15.7. The number of hydrogen-bond donors (Lipinski definition) is 1. The minimum absolute atomic E-state index is 0.124. The third-order valence-electron chi connectivity index (χ3n) is 6.75. The molecule has 0 aromatic heterocycles. The first-order chi connectivity index (χ1) is 10.8. The van der Waals surface area contributed by atoms with Gasteiger partial charge in [0.15, 0.2) is 0 Å². The number of benzene rings is 1. The van der Waals surface area contributed by atoms with E-state index in [2.05, 4.69) is 53.9 Å². The van der Waals surface area contributed by atoms with Gasteiger partial charge < -0.3 is 5.32 Å². The zero-order valence-electron chi connectivity index (χ0n) is 15.6. The lowest BCUT2D eigenvalue weighted by Crippen LogP contribution is -2.52. The molecule has 1 aromatic rings. The van der Waals surface area contributed by atoms with Crippen LogP contribution in [0.2, 0.25) is 0 Å². The van der Waals surface area contributed by atoms with Crippen molar-refractivity contribution < 1.29 is 0 Å². The van der Waals surface area contributed by atoms with Crippen LogP contribution in [-0.2, 0) is 5.41 Å². The van der Waals surface area contributed by atoms with Gasteiger partial charge in [-0.3, -0.25) is 0 Å². The van der Waals surface area contributed by atoms with E-state index in [-0.39, 0.29) is 5.54 Å². The Labute approximate surface area is 143 Å². The molecule has 4 saturated carbocycles. The van der Waals surface area contributed by atoms with E-state index < -0.39 is 0 Å². The second-order valence-corrected chi connectivity index (χ2v) is 10.0. The summed E-state index contributed by atoms with van der Waals surface area (Å²) in [7, 11) is 4.72. The molecule has 0 spiro atoms. The van der Waals surface area contributed by atoms with Crippen molar-refractivity contribution in [1.82, 2.24) is 0 Å². The van der Waals surface area contributed by atoms with Crippen LogP contribution in [0, 0.1) is 17.8 Å². The monoisotopic (exact) mass is 307 g/mol. The summed E-state index contributed by atoms with van der Waals surface area (Å²) in [6.45, 7) is 6.78. The molecule has 23 heavy (non-hydrogen) atoms. The second kappa shape index (κ2) is 5.07. The van der Waals surface area contributed by atoms with Crippen molar-refractivity contribution in [1.29, 1.82) is 0 Å². The Hall–Kier alpha value is -0.850. The minimum Gasteiger partial charge on any atom is -0.381 e. The number of rotatable bonds is 2. The molecule has 4 fully saturated rings. The number of anilines is 1. The van der Waals surface area contributed by atoms with Crippen molar-refractivity contribution in [3.8, 4) is 0 Å². The lowest BCUT2D eigenvalue weighted by atomic mass is 9.46. The molecule has 0 heterocycles. The zero-order valence-corrected chi connectivity index (χ0v) is 15.6. The van der Waals surface area contributed by atoms with Gasteiger partial charge in [0.25, 0.3) is 0 Å². The van der Waals surface area contributed by atoms with E-state index in [1.807, 2.05) is 0 Å². The molecule has 4 bridgehead atoms. The molecule has 0 aliphatic heterocycles. The molecule has 5 rings (SSSR count). The van der Waals surface area contributed by atoms with Gasteiger partial charge in [-0.25, -0.2) is 0 Å². The van der Waals surface area contributed by atoms with Crippen LogP contribution in [-0.4, -0.2) is 21.2 Å². The highest BCUT2D eigenvalue weighted by Crippen LogP contribution is 2.60.